The van der Waals surface area contributed by atoms with Crippen LogP contribution in [0.2, 0.25) is 0 Å². The van der Waals surface area contributed by atoms with E-state index in [1.165, 1.54) is 0 Å². The van der Waals surface area contributed by atoms with Crippen molar-refractivity contribution in [3.05, 3.63) is 24.3 Å². The van der Waals surface area contributed by atoms with Crippen molar-refractivity contribution in [3.63, 3.8) is 0 Å². The average molecular weight is 248 g/mol. The predicted molar refractivity (Wildman–Crippen MR) is 66.5 cm³/mol. The van der Waals surface area contributed by atoms with Crippen LogP contribution in [0.1, 0.15) is 0 Å². The van der Waals surface area contributed by atoms with Crippen molar-refractivity contribution in [3.8, 4) is 11.5 Å². The van der Waals surface area contributed by atoms with Crippen molar-refractivity contribution in [2.24, 2.45) is 0 Å². The molecular weight excluding hydrogens is 232 g/mol. The van der Waals surface area contributed by atoms with E-state index in [2.05, 4.69) is 0 Å². The second-order valence-electron chi connectivity index (χ2n) is 4.35. The van der Waals surface area contributed by atoms with Gasteiger partial charge in [-0.15, -0.1) is 0 Å². The number of para-hydroxylation sites is 2. The maximum Gasteiger partial charge on any atom is 0.189 e. The Morgan fingerprint density at radius 1 is 1.17 bits per heavy atom. The molecule has 1 fully saturated rings. The smallest absolute Gasteiger partial charge is 0.189 e. The van der Waals surface area contributed by atoms with E-state index in [1.54, 1.807) is 0 Å². The zero-order valence-corrected chi connectivity index (χ0v) is 10.1. The highest BCUT2D eigenvalue weighted by Gasteiger charge is 2.28. The Hall–Kier alpha value is -1.75. The molecule has 0 saturated carbocycles. The summed E-state index contributed by atoms with van der Waals surface area (Å²) in [6.07, 6.45) is -0.321. The SMILES string of the molecule is N=C(C1COc2ccccc2O1)N1CCOCC1. The zero-order chi connectivity index (χ0) is 12.4. The molecule has 5 nitrogen and oxygen atoms in total. The zero-order valence-electron chi connectivity index (χ0n) is 10.1. The number of hydrogen-bond acceptors (Lipinski definition) is 4. The summed E-state index contributed by atoms with van der Waals surface area (Å²) in [4.78, 5) is 1.99. The Morgan fingerprint density at radius 2 is 1.89 bits per heavy atom. The van der Waals surface area contributed by atoms with E-state index in [9.17, 15) is 0 Å². The third-order valence-electron chi connectivity index (χ3n) is 3.17. The lowest BCUT2D eigenvalue weighted by atomic mass is 10.2. The minimum atomic E-state index is -0.321. The van der Waals surface area contributed by atoms with Crippen LogP contribution in [0.4, 0.5) is 0 Å². The molecule has 1 atom stereocenters. The summed E-state index contributed by atoms with van der Waals surface area (Å²) >= 11 is 0. The lowest BCUT2D eigenvalue weighted by Crippen LogP contribution is -2.49. The minimum Gasteiger partial charge on any atom is -0.485 e. The van der Waals surface area contributed by atoms with Crippen LogP contribution in [-0.2, 0) is 4.74 Å². The summed E-state index contributed by atoms with van der Waals surface area (Å²) in [5.41, 5.74) is 0. The fourth-order valence-corrected chi connectivity index (χ4v) is 2.16. The van der Waals surface area contributed by atoms with Crippen molar-refractivity contribution >= 4 is 5.84 Å². The predicted octanol–water partition coefficient (Wildman–Crippen LogP) is 1.14. The van der Waals surface area contributed by atoms with Gasteiger partial charge in [-0.1, -0.05) is 12.1 Å². The Bertz CT molecular complexity index is 444. The molecule has 18 heavy (non-hydrogen) atoms. The molecule has 1 saturated heterocycles. The molecule has 0 radical (unpaired) electrons. The number of rotatable bonds is 1. The summed E-state index contributed by atoms with van der Waals surface area (Å²) in [7, 11) is 0. The number of amidine groups is 1. The molecule has 2 heterocycles. The highest BCUT2D eigenvalue weighted by atomic mass is 16.6. The molecule has 1 unspecified atom stereocenters. The first kappa shape index (κ1) is 11.3. The monoisotopic (exact) mass is 248 g/mol. The van der Waals surface area contributed by atoms with Crippen LogP contribution in [-0.4, -0.2) is 49.7 Å². The van der Waals surface area contributed by atoms with E-state index in [4.69, 9.17) is 19.6 Å². The van der Waals surface area contributed by atoms with Crippen LogP contribution in [0.25, 0.3) is 0 Å². The molecule has 0 amide bonds. The number of benzene rings is 1. The van der Waals surface area contributed by atoms with Crippen molar-refractivity contribution in [1.29, 1.82) is 5.41 Å². The summed E-state index contributed by atoms with van der Waals surface area (Å²) in [5.74, 6) is 1.95. The molecule has 0 aromatic heterocycles. The molecule has 0 spiro atoms. The third-order valence-corrected chi connectivity index (χ3v) is 3.17. The van der Waals surface area contributed by atoms with Gasteiger partial charge in [-0.05, 0) is 12.1 Å². The van der Waals surface area contributed by atoms with Crippen molar-refractivity contribution in [2.45, 2.75) is 6.10 Å². The van der Waals surface area contributed by atoms with Gasteiger partial charge in [-0.25, -0.2) is 0 Å². The molecule has 2 aliphatic rings. The summed E-state index contributed by atoms with van der Waals surface area (Å²) in [6.45, 7) is 3.24. The van der Waals surface area contributed by atoms with E-state index in [0.29, 0.717) is 31.4 Å². The van der Waals surface area contributed by atoms with Crippen LogP contribution < -0.4 is 9.47 Å². The maximum atomic E-state index is 8.18. The van der Waals surface area contributed by atoms with Gasteiger partial charge in [0.15, 0.2) is 17.6 Å². The number of hydrogen-bond donors (Lipinski definition) is 1. The first-order chi connectivity index (χ1) is 8.84. The van der Waals surface area contributed by atoms with Crippen LogP contribution in [0.3, 0.4) is 0 Å². The van der Waals surface area contributed by atoms with E-state index in [1.807, 2.05) is 29.2 Å². The van der Waals surface area contributed by atoms with Gasteiger partial charge in [0.2, 0.25) is 0 Å². The standard InChI is InChI=1S/C13H16N2O3/c14-13(15-5-7-16-8-6-15)12-9-17-10-3-1-2-4-11(10)18-12/h1-4,12,14H,5-9H2. The number of morpholine rings is 1. The Balaban J connectivity index is 1.69. The molecule has 1 N–H and O–H groups in total. The Morgan fingerprint density at radius 3 is 2.67 bits per heavy atom. The van der Waals surface area contributed by atoms with E-state index in [0.717, 1.165) is 18.8 Å². The van der Waals surface area contributed by atoms with E-state index in [-0.39, 0.29) is 6.10 Å². The topological polar surface area (TPSA) is 54.8 Å². The largest absolute Gasteiger partial charge is 0.485 e. The first-order valence-corrected chi connectivity index (χ1v) is 6.14. The molecular formula is C13H16N2O3. The van der Waals surface area contributed by atoms with Gasteiger partial charge >= 0.3 is 0 Å². The minimum absolute atomic E-state index is 0.321. The quantitative estimate of drug-likeness (QED) is 0.598. The second kappa shape index (κ2) is 4.86. The molecule has 0 aliphatic carbocycles. The van der Waals surface area contributed by atoms with E-state index >= 15 is 0 Å². The number of nitrogens with one attached hydrogen (secondary N) is 1. The number of ether oxygens (including phenoxy) is 3. The number of nitrogens with zero attached hydrogens (tertiary/aromatic N) is 1. The second-order valence-corrected chi connectivity index (χ2v) is 4.35. The highest BCUT2D eigenvalue weighted by molar-refractivity contribution is 5.84. The summed E-state index contributed by atoms with van der Waals surface area (Å²) in [5, 5.41) is 8.18. The fourth-order valence-electron chi connectivity index (χ4n) is 2.16. The fraction of sp³-hybridized carbons (Fsp3) is 0.462. The van der Waals surface area contributed by atoms with Gasteiger partial charge in [-0.2, -0.15) is 0 Å². The normalized spacial score (nSPS) is 22.7. The summed E-state index contributed by atoms with van der Waals surface area (Å²) in [6, 6.07) is 7.57. The molecule has 3 rings (SSSR count). The molecule has 5 heteroatoms. The van der Waals surface area contributed by atoms with Crippen molar-refractivity contribution in [2.75, 3.05) is 32.9 Å². The molecule has 96 valence electrons. The van der Waals surface area contributed by atoms with Gasteiger partial charge < -0.3 is 19.1 Å². The van der Waals surface area contributed by atoms with Crippen LogP contribution in [0, 0.1) is 5.41 Å². The molecule has 0 bridgehead atoms. The van der Waals surface area contributed by atoms with E-state index < -0.39 is 0 Å². The van der Waals surface area contributed by atoms with Gasteiger partial charge in [0.05, 0.1) is 13.2 Å². The van der Waals surface area contributed by atoms with Crippen LogP contribution in [0.5, 0.6) is 11.5 Å². The molecule has 1 aromatic carbocycles. The van der Waals surface area contributed by atoms with Crippen LogP contribution in [0.15, 0.2) is 24.3 Å². The summed E-state index contributed by atoms with van der Waals surface area (Å²) < 4.78 is 16.7. The number of fused-ring (bicyclic) bond motifs is 1. The van der Waals surface area contributed by atoms with Gasteiger partial charge in [0.25, 0.3) is 0 Å². The van der Waals surface area contributed by atoms with Crippen molar-refractivity contribution < 1.29 is 14.2 Å². The Kier molecular flexibility index (Phi) is 3.06. The molecule has 1 aromatic rings. The van der Waals surface area contributed by atoms with Gasteiger partial charge in [0.1, 0.15) is 12.4 Å². The van der Waals surface area contributed by atoms with Crippen molar-refractivity contribution in [1.82, 2.24) is 4.90 Å². The van der Waals surface area contributed by atoms with Crippen LogP contribution >= 0.6 is 0 Å². The van der Waals surface area contributed by atoms with Gasteiger partial charge in [-0.3, -0.25) is 5.41 Å². The lowest BCUT2D eigenvalue weighted by molar-refractivity contribution is 0.0572. The highest BCUT2D eigenvalue weighted by Crippen LogP contribution is 2.31. The van der Waals surface area contributed by atoms with Gasteiger partial charge in [0, 0.05) is 13.1 Å². The lowest BCUT2D eigenvalue weighted by Gasteiger charge is -2.34. The molecule has 2 aliphatic heterocycles. The Labute approximate surface area is 106 Å². The third kappa shape index (κ3) is 2.13. The average Bonchev–Trinajstić information content (AvgIpc) is 2.47. The maximum absolute atomic E-state index is 8.18. The first-order valence-electron chi connectivity index (χ1n) is 6.14.